The van der Waals surface area contributed by atoms with Crippen molar-refractivity contribution in [2.24, 2.45) is 5.92 Å². The van der Waals surface area contributed by atoms with Crippen LogP contribution in [0.1, 0.15) is 18.5 Å². The van der Waals surface area contributed by atoms with E-state index in [0.29, 0.717) is 24.8 Å². The summed E-state index contributed by atoms with van der Waals surface area (Å²) in [7, 11) is -3.11. The van der Waals surface area contributed by atoms with Crippen molar-refractivity contribution in [3.8, 4) is 11.5 Å². The van der Waals surface area contributed by atoms with E-state index in [4.69, 9.17) is 0 Å². The zero-order chi connectivity index (χ0) is 15.6. The molecular formula is C14H19N5O2S. The van der Waals surface area contributed by atoms with Gasteiger partial charge in [-0.3, -0.25) is 0 Å². The zero-order valence-electron chi connectivity index (χ0n) is 12.4. The van der Waals surface area contributed by atoms with E-state index in [1.54, 1.807) is 16.7 Å². The Morgan fingerprint density at radius 1 is 1.36 bits per heavy atom. The normalized spacial score (nSPS) is 20.1. The number of hydrogen-bond donors (Lipinski definition) is 1. The number of rotatable bonds is 4. The number of sulfonamides is 1. The van der Waals surface area contributed by atoms with Crippen LogP contribution >= 0.6 is 0 Å². The molecule has 0 bridgehead atoms. The average molecular weight is 321 g/mol. The van der Waals surface area contributed by atoms with E-state index in [-0.39, 0.29) is 0 Å². The third kappa shape index (κ3) is 3.50. The highest BCUT2D eigenvalue weighted by molar-refractivity contribution is 7.88. The molecule has 22 heavy (non-hydrogen) atoms. The van der Waals surface area contributed by atoms with Crippen LogP contribution in [0.15, 0.2) is 24.8 Å². The lowest BCUT2D eigenvalue weighted by Crippen LogP contribution is -2.39. The average Bonchev–Trinajstić information content (AvgIpc) is 3.01. The Kier molecular flexibility index (Phi) is 4.21. The molecule has 8 heteroatoms. The molecule has 2 aromatic rings. The van der Waals surface area contributed by atoms with E-state index >= 15 is 0 Å². The molecule has 7 nitrogen and oxygen atoms in total. The Morgan fingerprint density at radius 3 is 2.95 bits per heavy atom. The minimum Gasteiger partial charge on any atom is -0.343 e. The summed E-state index contributed by atoms with van der Waals surface area (Å²) in [5, 5.41) is 0. The topological polar surface area (TPSA) is 91.8 Å². The van der Waals surface area contributed by atoms with Crippen molar-refractivity contribution in [2.75, 3.05) is 19.3 Å². The summed E-state index contributed by atoms with van der Waals surface area (Å²) in [4.78, 5) is 15.7. The molecule has 2 aromatic heterocycles. The molecule has 3 heterocycles. The van der Waals surface area contributed by atoms with Gasteiger partial charge in [-0.15, -0.1) is 0 Å². The zero-order valence-corrected chi connectivity index (χ0v) is 13.3. The Hall–Kier alpha value is -1.80. The van der Waals surface area contributed by atoms with Crippen molar-refractivity contribution in [3.05, 3.63) is 30.5 Å². The lowest BCUT2D eigenvalue weighted by molar-refractivity contribution is 0.265. The largest absolute Gasteiger partial charge is 0.343 e. The number of piperidine rings is 1. The Morgan fingerprint density at radius 2 is 2.23 bits per heavy atom. The van der Waals surface area contributed by atoms with E-state index in [9.17, 15) is 8.42 Å². The van der Waals surface area contributed by atoms with Gasteiger partial charge in [0.25, 0.3) is 0 Å². The summed E-state index contributed by atoms with van der Waals surface area (Å²) in [6.07, 6.45) is 8.91. The molecule has 1 N–H and O–H groups in total. The van der Waals surface area contributed by atoms with Gasteiger partial charge in [0.05, 0.1) is 6.26 Å². The predicted octanol–water partition coefficient (Wildman–Crippen LogP) is 1.08. The third-order valence-electron chi connectivity index (χ3n) is 3.91. The third-order valence-corrected chi connectivity index (χ3v) is 5.18. The van der Waals surface area contributed by atoms with Crippen molar-refractivity contribution >= 4 is 10.0 Å². The van der Waals surface area contributed by atoms with Crippen LogP contribution in [-0.4, -0.2) is 52.0 Å². The fraction of sp³-hybridized carbons (Fsp3) is 0.500. The number of nitrogens with zero attached hydrogens (tertiary/aromatic N) is 4. The summed E-state index contributed by atoms with van der Waals surface area (Å²) in [5.41, 5.74) is 1.67. The van der Waals surface area contributed by atoms with Gasteiger partial charge in [0.15, 0.2) is 5.82 Å². The van der Waals surface area contributed by atoms with Crippen LogP contribution in [0.4, 0.5) is 0 Å². The SMILES string of the molecule is CS(=O)(=O)N1CCC[C@H](Cc2cc(-c3ncc[nH]3)ncn2)C1. The number of hydrogen-bond acceptors (Lipinski definition) is 5. The minimum atomic E-state index is -3.11. The van der Waals surface area contributed by atoms with Crippen LogP contribution in [0.25, 0.3) is 11.5 Å². The number of aromatic nitrogens is 4. The van der Waals surface area contributed by atoms with E-state index in [0.717, 1.165) is 30.7 Å². The van der Waals surface area contributed by atoms with E-state index in [1.807, 2.05) is 6.07 Å². The highest BCUT2D eigenvalue weighted by atomic mass is 32.2. The molecule has 0 spiro atoms. The van der Waals surface area contributed by atoms with Crippen LogP contribution in [0.5, 0.6) is 0 Å². The van der Waals surface area contributed by atoms with Gasteiger partial charge in [-0.25, -0.2) is 27.7 Å². The maximum Gasteiger partial charge on any atom is 0.211 e. The first-order chi connectivity index (χ1) is 10.5. The molecule has 1 saturated heterocycles. The molecule has 3 rings (SSSR count). The van der Waals surface area contributed by atoms with E-state index in [1.165, 1.54) is 12.6 Å². The highest BCUT2D eigenvalue weighted by Gasteiger charge is 2.26. The van der Waals surface area contributed by atoms with Crippen LogP contribution < -0.4 is 0 Å². The molecule has 0 aliphatic carbocycles. The predicted molar refractivity (Wildman–Crippen MR) is 82.5 cm³/mol. The van der Waals surface area contributed by atoms with Gasteiger partial charge in [-0.2, -0.15) is 0 Å². The quantitative estimate of drug-likeness (QED) is 0.910. The number of imidazole rings is 1. The standard InChI is InChI=1S/C14H19N5O2S/c1-22(20,21)19-6-2-3-11(9-19)7-12-8-13(18-10-17-12)14-15-4-5-16-14/h4-5,8,10-11H,2-3,6-7,9H2,1H3,(H,15,16)/t11-/m1/s1. The van der Waals surface area contributed by atoms with Crippen LogP contribution in [0, 0.1) is 5.92 Å². The first-order valence-electron chi connectivity index (χ1n) is 7.28. The van der Waals surface area contributed by atoms with Gasteiger partial charge in [0.2, 0.25) is 10.0 Å². The molecule has 0 radical (unpaired) electrons. The van der Waals surface area contributed by atoms with Crippen LogP contribution in [0.3, 0.4) is 0 Å². The summed E-state index contributed by atoms with van der Waals surface area (Å²) in [6.45, 7) is 1.19. The Balaban J connectivity index is 1.72. The van der Waals surface area contributed by atoms with Gasteiger partial charge in [0.1, 0.15) is 12.0 Å². The fourth-order valence-corrected chi connectivity index (χ4v) is 3.78. The molecule has 1 aliphatic rings. The lowest BCUT2D eigenvalue weighted by atomic mass is 9.94. The first-order valence-corrected chi connectivity index (χ1v) is 9.13. The van der Waals surface area contributed by atoms with Crippen molar-refractivity contribution in [3.63, 3.8) is 0 Å². The Labute approximate surface area is 129 Å². The second-order valence-corrected chi connectivity index (χ2v) is 7.65. The van der Waals surface area contributed by atoms with Gasteiger partial charge in [-0.05, 0) is 31.2 Å². The Bertz CT molecular complexity index is 729. The van der Waals surface area contributed by atoms with Crippen molar-refractivity contribution < 1.29 is 8.42 Å². The summed E-state index contributed by atoms with van der Waals surface area (Å²) >= 11 is 0. The smallest absolute Gasteiger partial charge is 0.211 e. The maximum absolute atomic E-state index is 11.7. The molecule has 1 fully saturated rings. The molecule has 118 valence electrons. The van der Waals surface area contributed by atoms with Crippen molar-refractivity contribution in [1.82, 2.24) is 24.2 Å². The van der Waals surface area contributed by atoms with Crippen molar-refractivity contribution in [1.29, 1.82) is 0 Å². The molecular weight excluding hydrogens is 302 g/mol. The van der Waals surface area contributed by atoms with Crippen molar-refractivity contribution in [2.45, 2.75) is 19.3 Å². The van der Waals surface area contributed by atoms with E-state index < -0.39 is 10.0 Å². The van der Waals surface area contributed by atoms with Crippen LogP contribution in [-0.2, 0) is 16.4 Å². The number of aromatic amines is 1. The molecule has 0 unspecified atom stereocenters. The van der Waals surface area contributed by atoms with E-state index in [2.05, 4.69) is 19.9 Å². The number of H-pyrrole nitrogens is 1. The van der Waals surface area contributed by atoms with Gasteiger partial charge in [-0.1, -0.05) is 0 Å². The summed E-state index contributed by atoms with van der Waals surface area (Å²) in [6, 6.07) is 1.91. The molecule has 1 atom stereocenters. The molecule has 0 amide bonds. The van der Waals surface area contributed by atoms with Gasteiger partial charge >= 0.3 is 0 Å². The highest BCUT2D eigenvalue weighted by Crippen LogP contribution is 2.22. The summed E-state index contributed by atoms with van der Waals surface area (Å²) in [5.74, 6) is 1.01. The number of nitrogens with one attached hydrogen (secondary N) is 1. The maximum atomic E-state index is 11.7. The second-order valence-electron chi connectivity index (χ2n) is 5.67. The van der Waals surface area contributed by atoms with Crippen LogP contribution in [0.2, 0.25) is 0 Å². The molecule has 0 aromatic carbocycles. The second kappa shape index (κ2) is 6.13. The van der Waals surface area contributed by atoms with Gasteiger partial charge in [0, 0.05) is 31.2 Å². The summed E-state index contributed by atoms with van der Waals surface area (Å²) < 4.78 is 24.9. The first kappa shape index (κ1) is 15.1. The minimum absolute atomic E-state index is 0.294. The molecule has 1 aliphatic heterocycles. The monoisotopic (exact) mass is 321 g/mol. The van der Waals surface area contributed by atoms with Gasteiger partial charge < -0.3 is 4.98 Å². The lowest BCUT2D eigenvalue weighted by Gasteiger charge is -2.30. The molecule has 0 saturated carbocycles. The fourth-order valence-electron chi connectivity index (χ4n) is 2.83.